The van der Waals surface area contributed by atoms with Gasteiger partial charge in [0.1, 0.15) is 23.0 Å². The van der Waals surface area contributed by atoms with Gasteiger partial charge in [-0.1, -0.05) is 36.4 Å². The van der Waals surface area contributed by atoms with Gasteiger partial charge in [0.25, 0.3) is 0 Å². The Balaban J connectivity index is 2.08. The van der Waals surface area contributed by atoms with Gasteiger partial charge >= 0.3 is 0 Å². The van der Waals surface area contributed by atoms with E-state index in [0.717, 1.165) is 11.1 Å². The van der Waals surface area contributed by atoms with Crippen molar-refractivity contribution in [1.82, 2.24) is 0 Å². The van der Waals surface area contributed by atoms with Crippen molar-refractivity contribution in [2.75, 3.05) is 35.5 Å². The number of ketones is 1. The van der Waals surface area contributed by atoms with Gasteiger partial charge in [-0.05, 0) is 34.9 Å². The largest absolute Gasteiger partial charge is 0.497 e. The van der Waals surface area contributed by atoms with Crippen LogP contribution in [0.1, 0.15) is 32.6 Å². The van der Waals surface area contributed by atoms with Gasteiger partial charge in [0.2, 0.25) is 0 Å². The normalized spacial score (nSPS) is 10.8. The van der Waals surface area contributed by atoms with E-state index in [-0.39, 0.29) is 5.78 Å². The molecular weight excluding hydrogens is 420 g/mol. The van der Waals surface area contributed by atoms with E-state index >= 15 is 0 Å². The zero-order chi connectivity index (χ0) is 23.8. The lowest BCUT2D eigenvalue weighted by atomic mass is 9.95. The van der Waals surface area contributed by atoms with E-state index in [4.69, 9.17) is 23.7 Å². The number of carbonyl (C=O) groups is 1. The summed E-state index contributed by atoms with van der Waals surface area (Å²) in [4.78, 5) is 13.6. The van der Waals surface area contributed by atoms with E-state index < -0.39 is 0 Å². The molecule has 0 fully saturated rings. The third kappa shape index (κ3) is 5.73. The van der Waals surface area contributed by atoms with Gasteiger partial charge in [-0.15, -0.1) is 0 Å². The molecule has 0 bridgehead atoms. The highest BCUT2D eigenvalue weighted by atomic mass is 16.5. The number of methoxy groups -OCH3 is 5. The average Bonchev–Trinajstić information content (AvgIpc) is 2.86. The molecule has 0 heterocycles. The molecule has 0 saturated carbocycles. The number of hydrogen-bond acceptors (Lipinski definition) is 6. The van der Waals surface area contributed by atoms with E-state index in [1.165, 1.54) is 7.11 Å². The highest BCUT2D eigenvalue weighted by Crippen LogP contribution is 2.34. The first-order valence-electron chi connectivity index (χ1n) is 10.3. The molecule has 0 aromatic heterocycles. The average molecular weight is 449 g/mol. The minimum Gasteiger partial charge on any atom is -0.497 e. The molecular formula is C27H28O6. The summed E-state index contributed by atoms with van der Waals surface area (Å²) >= 11 is 0. The third-order valence-electron chi connectivity index (χ3n) is 5.15. The van der Waals surface area contributed by atoms with Crippen molar-refractivity contribution in [2.45, 2.75) is 6.61 Å². The first-order chi connectivity index (χ1) is 16.0. The Morgan fingerprint density at radius 2 is 1.33 bits per heavy atom. The summed E-state index contributed by atoms with van der Waals surface area (Å²) < 4.78 is 26.8. The molecule has 6 heteroatoms. The van der Waals surface area contributed by atoms with E-state index in [9.17, 15) is 4.79 Å². The first-order valence-corrected chi connectivity index (χ1v) is 10.3. The molecule has 0 radical (unpaired) electrons. The summed E-state index contributed by atoms with van der Waals surface area (Å²) in [5.74, 6) is 1.83. The standard InChI is InChI=1S/C27H28O6/c1-29-17-19-8-6-18(7-9-19)10-11-20-12-24(32-4)16-25(33-5)26(20)27(28)21-13-22(30-2)15-23(14-21)31-3/h6-16H,17H2,1-5H3/b11-10+. The van der Waals surface area contributed by atoms with Gasteiger partial charge in [-0.25, -0.2) is 0 Å². The van der Waals surface area contributed by atoms with Crippen LogP contribution in [0.25, 0.3) is 12.2 Å². The van der Waals surface area contributed by atoms with Crippen molar-refractivity contribution in [1.29, 1.82) is 0 Å². The monoisotopic (exact) mass is 448 g/mol. The molecule has 0 N–H and O–H groups in total. The molecule has 0 amide bonds. The first kappa shape index (κ1) is 23.9. The van der Waals surface area contributed by atoms with Gasteiger partial charge in [0, 0.05) is 24.8 Å². The summed E-state index contributed by atoms with van der Waals surface area (Å²) in [7, 11) is 7.86. The lowest BCUT2D eigenvalue weighted by Crippen LogP contribution is -2.08. The lowest BCUT2D eigenvalue weighted by molar-refractivity contribution is 0.103. The molecule has 33 heavy (non-hydrogen) atoms. The van der Waals surface area contributed by atoms with Gasteiger partial charge in [0.15, 0.2) is 5.78 Å². The summed E-state index contributed by atoms with van der Waals surface area (Å²) in [5.41, 5.74) is 3.58. The number of rotatable bonds is 10. The van der Waals surface area contributed by atoms with E-state index in [2.05, 4.69) is 0 Å². The molecule has 0 aliphatic carbocycles. The molecule has 0 atom stereocenters. The molecule has 0 aliphatic heterocycles. The van der Waals surface area contributed by atoms with Crippen LogP contribution in [0.3, 0.4) is 0 Å². The van der Waals surface area contributed by atoms with Crippen molar-refractivity contribution in [2.24, 2.45) is 0 Å². The van der Waals surface area contributed by atoms with Crippen LogP contribution in [0.4, 0.5) is 0 Å². The Morgan fingerprint density at radius 1 is 0.727 bits per heavy atom. The maximum absolute atomic E-state index is 13.6. The molecule has 3 aromatic carbocycles. The third-order valence-corrected chi connectivity index (χ3v) is 5.15. The fourth-order valence-corrected chi connectivity index (χ4v) is 3.42. The van der Waals surface area contributed by atoms with Crippen molar-refractivity contribution < 1.29 is 28.5 Å². The second-order valence-corrected chi connectivity index (χ2v) is 7.23. The van der Waals surface area contributed by atoms with Crippen LogP contribution in [0.15, 0.2) is 54.6 Å². The highest BCUT2D eigenvalue weighted by Gasteiger charge is 2.21. The van der Waals surface area contributed by atoms with Crippen LogP contribution in [0, 0.1) is 0 Å². The molecule has 172 valence electrons. The van der Waals surface area contributed by atoms with Crippen molar-refractivity contribution in [3.05, 3.63) is 82.4 Å². The van der Waals surface area contributed by atoms with Crippen LogP contribution >= 0.6 is 0 Å². The maximum atomic E-state index is 13.6. The Hall–Kier alpha value is -3.77. The van der Waals surface area contributed by atoms with Gasteiger partial charge in [0.05, 0.1) is 40.6 Å². The predicted molar refractivity (Wildman–Crippen MR) is 129 cm³/mol. The summed E-state index contributed by atoms with van der Waals surface area (Å²) in [5, 5.41) is 0. The van der Waals surface area contributed by atoms with Crippen molar-refractivity contribution in [3.63, 3.8) is 0 Å². The van der Waals surface area contributed by atoms with E-state index in [0.29, 0.717) is 46.3 Å². The summed E-state index contributed by atoms with van der Waals surface area (Å²) in [6.45, 7) is 0.555. The topological polar surface area (TPSA) is 63.2 Å². The fraction of sp³-hybridized carbons (Fsp3) is 0.222. The Bertz CT molecular complexity index is 1110. The Kier molecular flexibility index (Phi) is 8.11. The minimum atomic E-state index is -0.221. The number of ether oxygens (including phenoxy) is 5. The Labute approximate surface area is 194 Å². The second kappa shape index (κ2) is 11.2. The zero-order valence-electron chi connectivity index (χ0n) is 19.5. The summed E-state index contributed by atoms with van der Waals surface area (Å²) in [6.07, 6.45) is 3.81. The number of carbonyl (C=O) groups excluding carboxylic acids is 1. The van der Waals surface area contributed by atoms with Crippen molar-refractivity contribution in [3.8, 4) is 23.0 Å². The minimum absolute atomic E-state index is 0.221. The van der Waals surface area contributed by atoms with Gasteiger partial charge in [-0.2, -0.15) is 0 Å². The molecule has 3 aromatic rings. The molecule has 6 nitrogen and oxygen atoms in total. The van der Waals surface area contributed by atoms with Crippen molar-refractivity contribution >= 4 is 17.9 Å². The number of benzene rings is 3. The van der Waals surface area contributed by atoms with E-state index in [1.807, 2.05) is 42.5 Å². The predicted octanol–water partition coefficient (Wildman–Crippen LogP) is 5.27. The lowest BCUT2D eigenvalue weighted by Gasteiger charge is -2.14. The molecule has 0 aliphatic rings. The summed E-state index contributed by atoms with van der Waals surface area (Å²) in [6, 6.07) is 16.6. The molecule has 3 rings (SSSR count). The molecule has 0 saturated heterocycles. The fourth-order valence-electron chi connectivity index (χ4n) is 3.42. The second-order valence-electron chi connectivity index (χ2n) is 7.23. The highest BCUT2D eigenvalue weighted by molar-refractivity contribution is 6.13. The maximum Gasteiger partial charge on any atom is 0.197 e. The SMILES string of the molecule is COCc1ccc(/C=C/c2cc(OC)cc(OC)c2C(=O)c2cc(OC)cc(OC)c2)cc1. The number of hydrogen-bond donors (Lipinski definition) is 0. The van der Waals surface area contributed by atoms with E-state index in [1.54, 1.807) is 52.7 Å². The Morgan fingerprint density at radius 3 is 1.88 bits per heavy atom. The smallest absolute Gasteiger partial charge is 0.197 e. The molecule has 0 unspecified atom stereocenters. The van der Waals surface area contributed by atoms with Gasteiger partial charge < -0.3 is 23.7 Å². The van der Waals surface area contributed by atoms with Crippen LogP contribution in [0.5, 0.6) is 23.0 Å². The van der Waals surface area contributed by atoms with Crippen LogP contribution < -0.4 is 18.9 Å². The van der Waals surface area contributed by atoms with Crippen LogP contribution in [-0.2, 0) is 11.3 Å². The molecule has 0 spiro atoms. The van der Waals surface area contributed by atoms with Crippen LogP contribution in [0.2, 0.25) is 0 Å². The quantitative estimate of drug-likeness (QED) is 0.311. The zero-order valence-corrected chi connectivity index (χ0v) is 19.5. The van der Waals surface area contributed by atoms with Crippen LogP contribution in [-0.4, -0.2) is 41.3 Å². The van der Waals surface area contributed by atoms with Gasteiger partial charge in [-0.3, -0.25) is 4.79 Å².